The average Bonchev–Trinajstić information content (AvgIpc) is 2.12. The molecule has 82 valence electrons. The van der Waals surface area contributed by atoms with Crippen LogP contribution in [0, 0.1) is 0 Å². The molecular formula is C9H18N2O3. The van der Waals surface area contributed by atoms with Crippen LogP contribution in [-0.2, 0) is 14.3 Å². The Kier molecular flexibility index (Phi) is 6.74. The van der Waals surface area contributed by atoms with E-state index in [0.29, 0.717) is 25.8 Å². The number of nitrogens with one attached hydrogen (secondary N) is 1. The normalized spacial score (nSPS) is 12.1. The lowest BCUT2D eigenvalue weighted by atomic mass is 10.2. The zero-order valence-corrected chi connectivity index (χ0v) is 8.71. The maximum atomic E-state index is 10.8. The van der Waals surface area contributed by atoms with Crippen LogP contribution in [0.15, 0.2) is 0 Å². The maximum Gasteiger partial charge on any atom is 0.307 e. The first-order chi connectivity index (χ1) is 6.56. The quantitative estimate of drug-likeness (QED) is 0.442. The second-order valence-corrected chi connectivity index (χ2v) is 3.21. The van der Waals surface area contributed by atoms with E-state index >= 15 is 0 Å². The highest BCUT2D eigenvalue weighted by Gasteiger charge is 2.07. The fraction of sp³-hybridized carbons (Fsp3) is 0.778. The number of hydrogen-bond donors (Lipinski definition) is 2. The summed E-state index contributed by atoms with van der Waals surface area (Å²) in [6, 6.07) is 0.0651. The molecule has 0 aliphatic rings. The smallest absolute Gasteiger partial charge is 0.307 e. The summed E-state index contributed by atoms with van der Waals surface area (Å²) >= 11 is 0. The number of esters is 1. The molecule has 0 rings (SSSR count). The van der Waals surface area contributed by atoms with Gasteiger partial charge in [-0.1, -0.05) is 0 Å². The first-order valence-electron chi connectivity index (χ1n) is 4.64. The van der Waals surface area contributed by atoms with Crippen LogP contribution in [-0.4, -0.2) is 31.6 Å². The minimum Gasteiger partial charge on any atom is -0.469 e. The molecule has 0 aliphatic heterocycles. The number of amides is 1. The van der Waals surface area contributed by atoms with Crippen LogP contribution in [0.3, 0.4) is 0 Å². The van der Waals surface area contributed by atoms with Crippen molar-refractivity contribution >= 4 is 11.9 Å². The molecule has 14 heavy (non-hydrogen) atoms. The van der Waals surface area contributed by atoms with Crippen molar-refractivity contribution in [3.8, 4) is 0 Å². The molecule has 0 heterocycles. The molecular weight excluding hydrogens is 184 g/mol. The van der Waals surface area contributed by atoms with Crippen LogP contribution in [0.4, 0.5) is 0 Å². The number of carbonyl (C=O) groups is 2. The third-order valence-electron chi connectivity index (χ3n) is 1.79. The molecule has 5 heteroatoms. The van der Waals surface area contributed by atoms with Crippen molar-refractivity contribution < 1.29 is 14.3 Å². The Morgan fingerprint density at radius 2 is 2.14 bits per heavy atom. The van der Waals surface area contributed by atoms with E-state index in [-0.39, 0.29) is 17.9 Å². The molecule has 5 nitrogen and oxygen atoms in total. The van der Waals surface area contributed by atoms with Crippen molar-refractivity contribution in [1.82, 2.24) is 5.32 Å². The fourth-order valence-corrected chi connectivity index (χ4v) is 1.02. The number of rotatable bonds is 7. The standard InChI is InChI=1S/C9H18N2O3/c1-7(6-9(13)14-2)11-5-3-4-8(10)12/h7,11H,3-6H2,1-2H3,(H2,10,12). The molecule has 1 atom stereocenters. The number of ether oxygens (including phenoxy) is 1. The van der Waals surface area contributed by atoms with Gasteiger partial charge in [0.15, 0.2) is 0 Å². The molecule has 0 saturated carbocycles. The minimum atomic E-state index is -0.299. The summed E-state index contributed by atoms with van der Waals surface area (Å²) in [7, 11) is 1.36. The van der Waals surface area contributed by atoms with Crippen molar-refractivity contribution in [1.29, 1.82) is 0 Å². The molecule has 0 aromatic heterocycles. The second kappa shape index (κ2) is 7.32. The first kappa shape index (κ1) is 12.9. The van der Waals surface area contributed by atoms with Crippen LogP contribution < -0.4 is 11.1 Å². The van der Waals surface area contributed by atoms with Crippen LogP contribution in [0.1, 0.15) is 26.2 Å². The van der Waals surface area contributed by atoms with E-state index < -0.39 is 0 Å². The highest BCUT2D eigenvalue weighted by atomic mass is 16.5. The Bertz CT molecular complexity index is 194. The summed E-state index contributed by atoms with van der Waals surface area (Å²) < 4.78 is 4.51. The highest BCUT2D eigenvalue weighted by Crippen LogP contribution is 1.94. The highest BCUT2D eigenvalue weighted by molar-refractivity contribution is 5.73. The summed E-state index contributed by atoms with van der Waals surface area (Å²) in [5.74, 6) is -0.535. The SMILES string of the molecule is COC(=O)CC(C)NCCCC(N)=O. The number of carbonyl (C=O) groups excluding carboxylic acids is 2. The van der Waals surface area contributed by atoms with Crippen LogP contribution >= 0.6 is 0 Å². The second-order valence-electron chi connectivity index (χ2n) is 3.21. The number of methoxy groups -OCH3 is 1. The molecule has 0 radical (unpaired) electrons. The average molecular weight is 202 g/mol. The molecule has 1 amide bonds. The number of nitrogens with two attached hydrogens (primary N) is 1. The van der Waals surface area contributed by atoms with Gasteiger partial charge < -0.3 is 15.8 Å². The summed E-state index contributed by atoms with van der Waals surface area (Å²) in [5, 5.41) is 3.09. The van der Waals surface area contributed by atoms with E-state index in [2.05, 4.69) is 10.1 Å². The van der Waals surface area contributed by atoms with Crippen LogP contribution in [0.25, 0.3) is 0 Å². The van der Waals surface area contributed by atoms with E-state index in [9.17, 15) is 9.59 Å². The van der Waals surface area contributed by atoms with E-state index in [1.165, 1.54) is 7.11 Å². The third-order valence-corrected chi connectivity index (χ3v) is 1.79. The molecule has 0 saturated heterocycles. The summed E-state index contributed by atoms with van der Waals surface area (Å²) in [6.45, 7) is 2.57. The van der Waals surface area contributed by atoms with E-state index in [1.54, 1.807) is 0 Å². The largest absolute Gasteiger partial charge is 0.469 e. The Morgan fingerprint density at radius 3 is 2.64 bits per heavy atom. The third kappa shape index (κ3) is 7.54. The van der Waals surface area contributed by atoms with Crippen molar-refractivity contribution in [3.63, 3.8) is 0 Å². The lowest BCUT2D eigenvalue weighted by molar-refractivity contribution is -0.141. The summed E-state index contributed by atoms with van der Waals surface area (Å²) in [5.41, 5.74) is 4.97. The zero-order chi connectivity index (χ0) is 11.0. The summed E-state index contributed by atoms with van der Waals surface area (Å²) in [6.07, 6.45) is 1.41. The predicted octanol–water partition coefficient (Wildman–Crippen LogP) is -0.207. The topological polar surface area (TPSA) is 81.4 Å². The van der Waals surface area contributed by atoms with E-state index in [0.717, 1.165) is 0 Å². The Morgan fingerprint density at radius 1 is 1.50 bits per heavy atom. The number of primary amides is 1. The van der Waals surface area contributed by atoms with Gasteiger partial charge in [0, 0.05) is 12.5 Å². The van der Waals surface area contributed by atoms with Gasteiger partial charge in [-0.25, -0.2) is 0 Å². The number of hydrogen-bond acceptors (Lipinski definition) is 4. The molecule has 0 aliphatic carbocycles. The van der Waals surface area contributed by atoms with Gasteiger partial charge in [-0.2, -0.15) is 0 Å². The molecule has 0 aromatic rings. The van der Waals surface area contributed by atoms with Gasteiger partial charge in [0.1, 0.15) is 0 Å². The Labute approximate surface area is 84.0 Å². The molecule has 1 unspecified atom stereocenters. The van der Waals surface area contributed by atoms with Crippen molar-refractivity contribution in [2.75, 3.05) is 13.7 Å². The Balaban J connectivity index is 3.39. The van der Waals surface area contributed by atoms with E-state index in [1.807, 2.05) is 6.92 Å². The van der Waals surface area contributed by atoms with Crippen molar-refractivity contribution in [3.05, 3.63) is 0 Å². The van der Waals surface area contributed by atoms with Gasteiger partial charge in [0.05, 0.1) is 13.5 Å². The Hall–Kier alpha value is -1.10. The summed E-state index contributed by atoms with van der Waals surface area (Å²) in [4.78, 5) is 21.2. The molecule has 0 bridgehead atoms. The van der Waals surface area contributed by atoms with Gasteiger partial charge in [0.25, 0.3) is 0 Å². The molecule has 0 spiro atoms. The maximum absolute atomic E-state index is 10.8. The van der Waals surface area contributed by atoms with Gasteiger partial charge >= 0.3 is 5.97 Å². The molecule has 0 fully saturated rings. The fourth-order valence-electron chi connectivity index (χ4n) is 1.02. The van der Waals surface area contributed by atoms with Crippen LogP contribution in [0.2, 0.25) is 0 Å². The van der Waals surface area contributed by atoms with E-state index in [4.69, 9.17) is 5.73 Å². The van der Waals surface area contributed by atoms with Gasteiger partial charge in [-0.05, 0) is 19.9 Å². The monoisotopic (exact) mass is 202 g/mol. The minimum absolute atomic E-state index is 0.0651. The lowest BCUT2D eigenvalue weighted by Crippen LogP contribution is -2.30. The molecule has 3 N–H and O–H groups in total. The van der Waals surface area contributed by atoms with Gasteiger partial charge in [0.2, 0.25) is 5.91 Å². The van der Waals surface area contributed by atoms with Gasteiger partial charge in [-0.15, -0.1) is 0 Å². The molecule has 0 aromatic carbocycles. The van der Waals surface area contributed by atoms with Gasteiger partial charge in [-0.3, -0.25) is 9.59 Å². The lowest BCUT2D eigenvalue weighted by Gasteiger charge is -2.11. The van der Waals surface area contributed by atoms with Crippen LogP contribution in [0.5, 0.6) is 0 Å². The van der Waals surface area contributed by atoms with Crippen molar-refractivity contribution in [2.45, 2.75) is 32.2 Å². The van der Waals surface area contributed by atoms with Crippen molar-refractivity contribution in [2.24, 2.45) is 5.73 Å². The predicted molar refractivity (Wildman–Crippen MR) is 52.5 cm³/mol. The zero-order valence-electron chi connectivity index (χ0n) is 8.71. The first-order valence-corrected chi connectivity index (χ1v) is 4.64.